The van der Waals surface area contributed by atoms with Gasteiger partial charge in [0, 0.05) is 0 Å². The fourth-order valence-corrected chi connectivity index (χ4v) is 1.94. The summed E-state index contributed by atoms with van der Waals surface area (Å²) >= 11 is 0. The Morgan fingerprint density at radius 1 is 1.40 bits per heavy atom. The normalized spacial score (nSPS) is 11.6. The van der Waals surface area contributed by atoms with Crippen LogP contribution < -0.4 is 4.89 Å². The van der Waals surface area contributed by atoms with E-state index in [1.165, 1.54) is 13.2 Å². The number of aryl methyl sites for hydroxylation is 1. The van der Waals surface area contributed by atoms with Crippen LogP contribution in [-0.4, -0.2) is 21.3 Å². The van der Waals surface area contributed by atoms with Gasteiger partial charge in [-0.1, -0.05) is 23.1 Å². The Bertz CT molecular complexity index is 419. The van der Waals surface area contributed by atoms with Crippen molar-refractivity contribution in [1.29, 1.82) is 0 Å². The minimum absolute atomic E-state index is 0.116. The zero-order valence-electron chi connectivity index (χ0n) is 8.23. The van der Waals surface area contributed by atoms with Crippen molar-refractivity contribution in [2.45, 2.75) is 6.42 Å². The van der Waals surface area contributed by atoms with E-state index in [9.17, 15) is 12.8 Å². The lowest BCUT2D eigenvalue weighted by Crippen LogP contribution is -2.26. The fourth-order valence-electron chi connectivity index (χ4n) is 1.11. The second kappa shape index (κ2) is 5.20. The lowest BCUT2D eigenvalue weighted by Gasteiger charge is -2.04. The molecule has 1 N–H and O–H groups in total. The summed E-state index contributed by atoms with van der Waals surface area (Å²) in [6.45, 7) is 0. The van der Waals surface area contributed by atoms with Crippen LogP contribution in [0.15, 0.2) is 24.3 Å². The number of nitrogens with one attached hydrogen (secondary N) is 1. The first kappa shape index (κ1) is 12.1. The highest BCUT2D eigenvalue weighted by molar-refractivity contribution is 7.89. The van der Waals surface area contributed by atoms with Crippen molar-refractivity contribution in [3.05, 3.63) is 35.6 Å². The standard InChI is InChI=1S/C9H12FNO3S/c1-14-11-15(12,13)7-6-8-4-2-3-5-9(8)10/h2-5,11H,6-7H2,1H3. The van der Waals surface area contributed by atoms with Gasteiger partial charge in [-0.3, -0.25) is 4.84 Å². The highest BCUT2D eigenvalue weighted by Crippen LogP contribution is 2.07. The molecule has 0 aliphatic heterocycles. The van der Waals surface area contributed by atoms with Gasteiger partial charge in [0.2, 0.25) is 10.0 Å². The number of halogens is 1. The van der Waals surface area contributed by atoms with Crippen LogP contribution >= 0.6 is 0 Å². The molecule has 1 aromatic rings. The number of benzene rings is 1. The fraction of sp³-hybridized carbons (Fsp3) is 0.333. The van der Waals surface area contributed by atoms with E-state index in [1.54, 1.807) is 18.2 Å². The van der Waals surface area contributed by atoms with Crippen LogP contribution in [0.3, 0.4) is 0 Å². The maximum atomic E-state index is 13.1. The molecule has 0 aromatic heterocycles. The zero-order valence-corrected chi connectivity index (χ0v) is 9.05. The Morgan fingerprint density at radius 2 is 2.07 bits per heavy atom. The van der Waals surface area contributed by atoms with Gasteiger partial charge in [-0.2, -0.15) is 0 Å². The molecule has 0 aliphatic rings. The van der Waals surface area contributed by atoms with Crippen molar-refractivity contribution in [3.8, 4) is 0 Å². The van der Waals surface area contributed by atoms with E-state index in [-0.39, 0.29) is 12.2 Å². The van der Waals surface area contributed by atoms with Crippen molar-refractivity contribution in [2.24, 2.45) is 0 Å². The maximum Gasteiger partial charge on any atom is 0.233 e. The first-order valence-corrected chi connectivity index (χ1v) is 5.96. The predicted molar refractivity (Wildman–Crippen MR) is 54.0 cm³/mol. The summed E-state index contributed by atoms with van der Waals surface area (Å²) in [6, 6.07) is 6.07. The van der Waals surface area contributed by atoms with E-state index < -0.39 is 15.8 Å². The average Bonchev–Trinajstić information content (AvgIpc) is 2.16. The second-order valence-electron chi connectivity index (χ2n) is 2.95. The van der Waals surface area contributed by atoms with Crippen LogP contribution in [0.25, 0.3) is 0 Å². The summed E-state index contributed by atoms with van der Waals surface area (Å²) in [7, 11) is -2.28. The van der Waals surface area contributed by atoms with Gasteiger partial charge >= 0.3 is 0 Å². The van der Waals surface area contributed by atoms with E-state index >= 15 is 0 Å². The molecule has 0 amide bonds. The third-order valence-electron chi connectivity index (χ3n) is 1.81. The van der Waals surface area contributed by atoms with Gasteiger partial charge in [0.05, 0.1) is 12.9 Å². The summed E-state index contributed by atoms with van der Waals surface area (Å²) in [5.74, 6) is -0.605. The molecule has 0 aliphatic carbocycles. The van der Waals surface area contributed by atoms with Crippen molar-refractivity contribution >= 4 is 10.0 Å². The molecule has 0 fully saturated rings. The summed E-state index contributed by atoms with van der Waals surface area (Å²) in [6.07, 6.45) is 0.116. The molecule has 84 valence electrons. The van der Waals surface area contributed by atoms with Crippen LogP contribution in [0.2, 0.25) is 0 Å². The Kier molecular flexibility index (Phi) is 4.19. The van der Waals surface area contributed by atoms with E-state index in [0.717, 1.165) is 0 Å². The third kappa shape index (κ3) is 3.94. The monoisotopic (exact) mass is 233 g/mol. The lowest BCUT2D eigenvalue weighted by molar-refractivity contribution is 0.153. The van der Waals surface area contributed by atoms with Gasteiger partial charge in [-0.05, 0) is 18.1 Å². The van der Waals surface area contributed by atoms with E-state index in [1.807, 2.05) is 4.89 Å². The summed E-state index contributed by atoms with van der Waals surface area (Å²) in [5.41, 5.74) is 0.374. The van der Waals surface area contributed by atoms with Gasteiger partial charge in [-0.25, -0.2) is 12.8 Å². The van der Waals surface area contributed by atoms with Crippen molar-refractivity contribution < 1.29 is 17.6 Å². The Labute approximate surface area is 88.1 Å². The number of rotatable bonds is 5. The van der Waals surface area contributed by atoms with Gasteiger partial charge in [-0.15, -0.1) is 0 Å². The van der Waals surface area contributed by atoms with E-state index in [2.05, 4.69) is 4.84 Å². The zero-order chi connectivity index (χ0) is 11.3. The molecule has 15 heavy (non-hydrogen) atoms. The smallest absolute Gasteiger partial charge is 0.233 e. The van der Waals surface area contributed by atoms with Crippen molar-refractivity contribution in [1.82, 2.24) is 4.89 Å². The van der Waals surface area contributed by atoms with Crippen LogP contribution in [-0.2, 0) is 21.3 Å². The van der Waals surface area contributed by atoms with Crippen molar-refractivity contribution in [2.75, 3.05) is 12.9 Å². The molecule has 0 spiro atoms. The van der Waals surface area contributed by atoms with Gasteiger partial charge in [0.1, 0.15) is 5.82 Å². The predicted octanol–water partition coefficient (Wildman–Crippen LogP) is 0.849. The van der Waals surface area contributed by atoms with Gasteiger partial charge < -0.3 is 0 Å². The molecule has 6 heteroatoms. The second-order valence-corrected chi connectivity index (χ2v) is 4.75. The Morgan fingerprint density at radius 3 is 2.67 bits per heavy atom. The molecule has 0 radical (unpaired) electrons. The third-order valence-corrected chi connectivity index (χ3v) is 2.97. The molecule has 0 bridgehead atoms. The minimum atomic E-state index is -3.49. The first-order chi connectivity index (χ1) is 7.05. The van der Waals surface area contributed by atoms with Crippen LogP contribution in [0, 0.1) is 5.82 Å². The lowest BCUT2D eigenvalue weighted by atomic mass is 10.2. The SMILES string of the molecule is CONS(=O)(=O)CCc1ccccc1F. The van der Waals surface area contributed by atoms with Gasteiger partial charge in [0.15, 0.2) is 0 Å². The summed E-state index contributed by atoms with van der Waals surface area (Å²) in [5, 5.41) is 0. The Balaban J connectivity index is 2.62. The maximum absolute atomic E-state index is 13.1. The highest BCUT2D eigenvalue weighted by atomic mass is 32.2. The van der Waals surface area contributed by atoms with E-state index in [0.29, 0.717) is 5.56 Å². The molecule has 0 saturated carbocycles. The molecule has 1 aromatic carbocycles. The number of hydrogen-bond donors (Lipinski definition) is 1. The van der Waals surface area contributed by atoms with E-state index in [4.69, 9.17) is 0 Å². The molecule has 0 heterocycles. The molecular formula is C9H12FNO3S. The number of hydrogen-bond acceptors (Lipinski definition) is 3. The summed E-state index contributed by atoms with van der Waals surface area (Å²) in [4.78, 5) is 6.15. The molecular weight excluding hydrogens is 221 g/mol. The Hall–Kier alpha value is -0.980. The minimum Gasteiger partial charge on any atom is -0.290 e. The molecule has 1 rings (SSSR count). The molecule has 4 nitrogen and oxygen atoms in total. The molecule has 0 unspecified atom stereocenters. The average molecular weight is 233 g/mol. The number of sulfonamides is 1. The topological polar surface area (TPSA) is 55.4 Å². The molecule has 0 atom stereocenters. The largest absolute Gasteiger partial charge is 0.290 e. The van der Waals surface area contributed by atoms with Crippen LogP contribution in [0.4, 0.5) is 4.39 Å². The highest BCUT2D eigenvalue weighted by Gasteiger charge is 2.11. The van der Waals surface area contributed by atoms with Gasteiger partial charge in [0.25, 0.3) is 0 Å². The quantitative estimate of drug-likeness (QED) is 0.767. The first-order valence-electron chi connectivity index (χ1n) is 4.31. The molecule has 0 saturated heterocycles. The van der Waals surface area contributed by atoms with Crippen LogP contribution in [0.5, 0.6) is 0 Å². The summed E-state index contributed by atoms with van der Waals surface area (Å²) < 4.78 is 35.4. The van der Waals surface area contributed by atoms with Crippen LogP contribution in [0.1, 0.15) is 5.56 Å². The van der Waals surface area contributed by atoms with Crippen molar-refractivity contribution in [3.63, 3.8) is 0 Å².